The minimum Gasteiger partial charge on any atom is -0.493 e. The molecular weight excluding hydrogens is 246 g/mol. The Morgan fingerprint density at radius 1 is 1.15 bits per heavy atom. The summed E-state index contributed by atoms with van der Waals surface area (Å²) >= 11 is 0. The van der Waals surface area contributed by atoms with Crippen molar-refractivity contribution in [2.75, 3.05) is 6.61 Å². The van der Waals surface area contributed by atoms with Gasteiger partial charge in [0, 0.05) is 11.6 Å². The van der Waals surface area contributed by atoms with Gasteiger partial charge in [-0.25, -0.2) is 0 Å². The number of rotatable bonds is 6. The molecule has 0 spiro atoms. The van der Waals surface area contributed by atoms with Gasteiger partial charge in [0.2, 0.25) is 0 Å². The van der Waals surface area contributed by atoms with Crippen molar-refractivity contribution in [1.29, 1.82) is 0 Å². The Hall–Kier alpha value is -1.02. The maximum Gasteiger partial charge on any atom is 0.124 e. The Labute approximate surface area is 123 Å². The lowest BCUT2D eigenvalue weighted by Crippen LogP contribution is -2.26. The monoisotopic (exact) mass is 275 g/mol. The van der Waals surface area contributed by atoms with E-state index in [1.54, 1.807) is 0 Å². The molecule has 1 aromatic rings. The molecule has 0 aliphatic heterocycles. The zero-order chi connectivity index (χ0) is 14.4. The number of ether oxygens (including phenoxy) is 1. The highest BCUT2D eigenvalue weighted by Crippen LogP contribution is 2.39. The first kappa shape index (κ1) is 15.4. The molecule has 0 heterocycles. The molecule has 0 bridgehead atoms. The third-order valence-corrected chi connectivity index (χ3v) is 4.72. The Kier molecular flexibility index (Phi) is 5.90. The van der Waals surface area contributed by atoms with Gasteiger partial charge in [-0.1, -0.05) is 51.3 Å². The minimum absolute atomic E-state index is 0.126. The third-order valence-electron chi connectivity index (χ3n) is 4.72. The summed E-state index contributed by atoms with van der Waals surface area (Å²) < 4.78 is 5.86. The van der Waals surface area contributed by atoms with Crippen LogP contribution in [-0.2, 0) is 0 Å². The molecule has 0 saturated heterocycles. The summed E-state index contributed by atoms with van der Waals surface area (Å²) in [6.07, 6.45) is 7.56. The van der Waals surface area contributed by atoms with Crippen molar-refractivity contribution in [2.45, 2.75) is 58.4 Å². The summed E-state index contributed by atoms with van der Waals surface area (Å²) in [6.45, 7) is 5.21. The van der Waals surface area contributed by atoms with Crippen LogP contribution in [0.5, 0.6) is 5.75 Å². The Balaban J connectivity index is 2.03. The van der Waals surface area contributed by atoms with E-state index in [2.05, 4.69) is 32.0 Å². The highest BCUT2D eigenvalue weighted by atomic mass is 16.5. The standard InChI is InChI=1S/C18H29NO/c1-3-13-20-17-8-6-5-7-16(17)18(19)15-11-9-14(4-2)10-12-15/h5-8,14-15,18H,3-4,9-13,19H2,1-2H3. The van der Waals surface area contributed by atoms with E-state index < -0.39 is 0 Å². The molecule has 1 unspecified atom stereocenters. The van der Waals surface area contributed by atoms with Crippen LogP contribution in [0.15, 0.2) is 24.3 Å². The molecule has 1 saturated carbocycles. The summed E-state index contributed by atoms with van der Waals surface area (Å²) in [6, 6.07) is 8.44. The van der Waals surface area contributed by atoms with E-state index in [0.717, 1.165) is 24.7 Å². The van der Waals surface area contributed by atoms with E-state index in [-0.39, 0.29) is 6.04 Å². The van der Waals surface area contributed by atoms with Crippen LogP contribution in [0.2, 0.25) is 0 Å². The van der Waals surface area contributed by atoms with E-state index in [1.807, 2.05) is 6.07 Å². The average Bonchev–Trinajstić information content (AvgIpc) is 2.52. The zero-order valence-electron chi connectivity index (χ0n) is 13.0. The lowest BCUT2D eigenvalue weighted by Gasteiger charge is -2.32. The van der Waals surface area contributed by atoms with Crippen LogP contribution in [0.4, 0.5) is 0 Å². The predicted molar refractivity (Wildman–Crippen MR) is 84.9 cm³/mol. The van der Waals surface area contributed by atoms with Gasteiger partial charge in [0.25, 0.3) is 0 Å². The molecule has 1 fully saturated rings. The van der Waals surface area contributed by atoms with Gasteiger partial charge in [0.1, 0.15) is 5.75 Å². The molecule has 0 radical (unpaired) electrons. The van der Waals surface area contributed by atoms with Crippen molar-refractivity contribution in [3.8, 4) is 5.75 Å². The molecule has 1 atom stereocenters. The second-order valence-electron chi connectivity index (χ2n) is 6.10. The number of hydrogen-bond donors (Lipinski definition) is 1. The van der Waals surface area contributed by atoms with E-state index in [4.69, 9.17) is 10.5 Å². The Morgan fingerprint density at radius 2 is 1.85 bits per heavy atom. The first-order valence-electron chi connectivity index (χ1n) is 8.23. The van der Waals surface area contributed by atoms with Crippen molar-refractivity contribution in [3.05, 3.63) is 29.8 Å². The Morgan fingerprint density at radius 3 is 2.50 bits per heavy atom. The van der Waals surface area contributed by atoms with E-state index >= 15 is 0 Å². The lowest BCUT2D eigenvalue weighted by atomic mass is 9.76. The second kappa shape index (κ2) is 7.68. The number of nitrogens with two attached hydrogens (primary N) is 1. The third kappa shape index (κ3) is 3.76. The predicted octanol–water partition coefficient (Wildman–Crippen LogP) is 4.69. The summed E-state index contributed by atoms with van der Waals surface area (Å²) in [5.41, 5.74) is 7.74. The maximum absolute atomic E-state index is 6.55. The van der Waals surface area contributed by atoms with E-state index in [1.165, 1.54) is 37.7 Å². The first-order valence-corrected chi connectivity index (χ1v) is 8.23. The molecule has 1 aliphatic carbocycles. The van der Waals surface area contributed by atoms with Crippen LogP contribution >= 0.6 is 0 Å². The maximum atomic E-state index is 6.55. The molecule has 2 heteroatoms. The van der Waals surface area contributed by atoms with Crippen molar-refractivity contribution in [2.24, 2.45) is 17.6 Å². The number of hydrogen-bond acceptors (Lipinski definition) is 2. The lowest BCUT2D eigenvalue weighted by molar-refractivity contribution is 0.235. The van der Waals surface area contributed by atoms with Gasteiger partial charge in [0.05, 0.1) is 6.61 Å². The number of para-hydroxylation sites is 1. The molecule has 2 rings (SSSR count). The van der Waals surface area contributed by atoms with Crippen LogP contribution < -0.4 is 10.5 Å². The molecule has 1 aliphatic rings. The van der Waals surface area contributed by atoms with Crippen LogP contribution in [0.1, 0.15) is 64.0 Å². The fourth-order valence-electron chi connectivity index (χ4n) is 3.31. The van der Waals surface area contributed by atoms with Crippen molar-refractivity contribution in [1.82, 2.24) is 0 Å². The fraction of sp³-hybridized carbons (Fsp3) is 0.667. The van der Waals surface area contributed by atoms with Crippen molar-refractivity contribution >= 4 is 0 Å². The van der Waals surface area contributed by atoms with Crippen molar-refractivity contribution in [3.63, 3.8) is 0 Å². The van der Waals surface area contributed by atoms with Crippen LogP contribution in [0, 0.1) is 11.8 Å². The van der Waals surface area contributed by atoms with Gasteiger partial charge in [-0.3, -0.25) is 0 Å². The highest BCUT2D eigenvalue weighted by Gasteiger charge is 2.27. The minimum atomic E-state index is 0.126. The smallest absolute Gasteiger partial charge is 0.124 e. The van der Waals surface area contributed by atoms with E-state index in [0.29, 0.717) is 5.92 Å². The van der Waals surface area contributed by atoms with Gasteiger partial charge in [-0.2, -0.15) is 0 Å². The summed E-state index contributed by atoms with van der Waals surface area (Å²) in [4.78, 5) is 0. The molecule has 112 valence electrons. The molecule has 0 aromatic heterocycles. The second-order valence-corrected chi connectivity index (χ2v) is 6.10. The average molecular weight is 275 g/mol. The first-order chi connectivity index (χ1) is 9.76. The van der Waals surface area contributed by atoms with Gasteiger partial charge in [-0.05, 0) is 37.2 Å². The quantitative estimate of drug-likeness (QED) is 0.817. The van der Waals surface area contributed by atoms with Gasteiger partial charge in [-0.15, -0.1) is 0 Å². The summed E-state index contributed by atoms with van der Waals surface area (Å²) in [5.74, 6) is 2.52. The van der Waals surface area contributed by atoms with Gasteiger partial charge in [0.15, 0.2) is 0 Å². The van der Waals surface area contributed by atoms with Crippen molar-refractivity contribution < 1.29 is 4.74 Å². The van der Waals surface area contributed by atoms with Crippen LogP contribution in [0.3, 0.4) is 0 Å². The SMILES string of the molecule is CCCOc1ccccc1C(N)C1CCC(CC)CC1. The zero-order valence-corrected chi connectivity index (χ0v) is 13.0. The van der Waals surface area contributed by atoms with Crippen LogP contribution in [0.25, 0.3) is 0 Å². The summed E-state index contributed by atoms with van der Waals surface area (Å²) in [7, 11) is 0. The molecule has 1 aromatic carbocycles. The molecule has 2 nitrogen and oxygen atoms in total. The molecule has 2 N–H and O–H groups in total. The molecular formula is C18H29NO. The van der Waals surface area contributed by atoms with Crippen LogP contribution in [-0.4, -0.2) is 6.61 Å². The summed E-state index contributed by atoms with van der Waals surface area (Å²) in [5, 5.41) is 0. The highest BCUT2D eigenvalue weighted by molar-refractivity contribution is 5.36. The largest absolute Gasteiger partial charge is 0.493 e. The van der Waals surface area contributed by atoms with E-state index in [9.17, 15) is 0 Å². The number of benzene rings is 1. The topological polar surface area (TPSA) is 35.2 Å². The molecule has 20 heavy (non-hydrogen) atoms. The normalized spacial score (nSPS) is 24.4. The van der Waals surface area contributed by atoms with Gasteiger partial charge >= 0.3 is 0 Å². The van der Waals surface area contributed by atoms with Gasteiger partial charge < -0.3 is 10.5 Å². The fourth-order valence-corrected chi connectivity index (χ4v) is 3.31. The Bertz CT molecular complexity index is 396. The molecule has 0 amide bonds.